The van der Waals surface area contributed by atoms with Crippen molar-refractivity contribution < 1.29 is 4.42 Å². The normalized spacial score (nSPS) is 13.3. The Morgan fingerprint density at radius 2 is 2.18 bits per heavy atom. The lowest BCUT2D eigenvalue weighted by Gasteiger charge is -2.05. The molecular weight excluding hydrogens is 250 g/mol. The van der Waals surface area contributed by atoms with Crippen molar-refractivity contribution in [2.75, 3.05) is 0 Å². The van der Waals surface area contributed by atoms with Crippen LogP contribution in [0.3, 0.4) is 0 Å². The highest BCUT2D eigenvalue weighted by Crippen LogP contribution is 2.35. The highest BCUT2D eigenvalue weighted by molar-refractivity contribution is 7.26. The first-order valence-corrected chi connectivity index (χ1v) is 7.28. The minimum atomic E-state index is -0.139. The molecule has 0 fully saturated rings. The van der Waals surface area contributed by atoms with Crippen LogP contribution in [-0.4, -0.2) is 0 Å². The molecule has 0 saturated heterocycles. The zero-order valence-electron chi connectivity index (χ0n) is 9.47. The molecule has 0 aliphatic heterocycles. The fourth-order valence-electron chi connectivity index (χ4n) is 1.83. The maximum Gasteiger partial charge on any atom is 0.126 e. The van der Waals surface area contributed by atoms with E-state index < -0.39 is 0 Å². The summed E-state index contributed by atoms with van der Waals surface area (Å²) in [7, 11) is 0. The van der Waals surface area contributed by atoms with E-state index in [1.165, 1.54) is 14.3 Å². The molecule has 3 heterocycles. The van der Waals surface area contributed by atoms with Gasteiger partial charge in [-0.25, -0.2) is 0 Å². The van der Waals surface area contributed by atoms with E-state index in [1.807, 2.05) is 12.1 Å². The molecule has 1 atom stereocenters. The number of hydrogen-bond acceptors (Lipinski definition) is 4. The van der Waals surface area contributed by atoms with Crippen molar-refractivity contribution >= 4 is 32.1 Å². The van der Waals surface area contributed by atoms with Gasteiger partial charge in [0.2, 0.25) is 0 Å². The first-order chi connectivity index (χ1) is 8.28. The van der Waals surface area contributed by atoms with Gasteiger partial charge in [-0.1, -0.05) is 6.92 Å². The fraction of sp³-hybridized carbons (Fsp3) is 0.231. The second-order valence-electron chi connectivity index (χ2n) is 3.93. The number of fused-ring (bicyclic) bond motifs is 1. The third-order valence-corrected chi connectivity index (χ3v) is 4.98. The molecule has 0 radical (unpaired) electrons. The number of rotatable bonds is 3. The Kier molecular flexibility index (Phi) is 2.78. The van der Waals surface area contributed by atoms with Gasteiger partial charge in [-0.15, -0.1) is 22.7 Å². The zero-order valence-corrected chi connectivity index (χ0v) is 11.1. The lowest BCUT2D eigenvalue weighted by molar-refractivity contribution is 0.455. The van der Waals surface area contributed by atoms with Crippen LogP contribution in [0, 0.1) is 0 Å². The number of aryl methyl sites for hydroxylation is 1. The number of hydrogen-bond donors (Lipinski definition) is 1. The quantitative estimate of drug-likeness (QED) is 0.770. The van der Waals surface area contributed by atoms with Gasteiger partial charge in [-0.2, -0.15) is 0 Å². The van der Waals surface area contributed by atoms with E-state index in [2.05, 4.69) is 24.4 Å². The highest BCUT2D eigenvalue weighted by atomic mass is 32.1. The summed E-state index contributed by atoms with van der Waals surface area (Å²) in [5.41, 5.74) is 6.23. The molecule has 0 bridgehead atoms. The maximum absolute atomic E-state index is 6.23. The van der Waals surface area contributed by atoms with Crippen molar-refractivity contribution in [2.45, 2.75) is 19.4 Å². The molecule has 3 rings (SSSR count). The molecule has 0 saturated carbocycles. The van der Waals surface area contributed by atoms with Crippen LogP contribution in [0.15, 0.2) is 34.1 Å². The van der Waals surface area contributed by atoms with Crippen LogP contribution in [0.5, 0.6) is 0 Å². The summed E-state index contributed by atoms with van der Waals surface area (Å²) in [6, 6.07) is 8.16. The molecule has 4 heteroatoms. The molecule has 88 valence electrons. The molecule has 0 aliphatic rings. The first kappa shape index (κ1) is 11.0. The molecule has 0 amide bonds. The van der Waals surface area contributed by atoms with E-state index in [9.17, 15) is 0 Å². The van der Waals surface area contributed by atoms with Crippen molar-refractivity contribution in [1.29, 1.82) is 0 Å². The zero-order chi connectivity index (χ0) is 11.8. The van der Waals surface area contributed by atoms with Gasteiger partial charge in [-0.05, 0) is 29.6 Å². The summed E-state index contributed by atoms with van der Waals surface area (Å²) < 4.78 is 8.32. The molecule has 3 aromatic rings. The Bertz CT molecular complexity index is 606. The predicted molar refractivity (Wildman–Crippen MR) is 73.8 cm³/mol. The number of nitrogens with two attached hydrogens (primary N) is 1. The SMILES string of the molecule is CCc1ccc(C(N)c2cc3sccc3s2)o1. The molecule has 0 aliphatic carbocycles. The van der Waals surface area contributed by atoms with E-state index in [-0.39, 0.29) is 6.04 Å². The van der Waals surface area contributed by atoms with Crippen LogP contribution in [0.1, 0.15) is 29.4 Å². The van der Waals surface area contributed by atoms with Gasteiger partial charge in [0.1, 0.15) is 11.5 Å². The summed E-state index contributed by atoms with van der Waals surface area (Å²) in [5.74, 6) is 1.85. The molecule has 2 nitrogen and oxygen atoms in total. The minimum absolute atomic E-state index is 0.139. The van der Waals surface area contributed by atoms with E-state index in [1.54, 1.807) is 22.7 Å². The molecule has 0 spiro atoms. The van der Waals surface area contributed by atoms with Gasteiger partial charge in [0.15, 0.2) is 0 Å². The Labute approximate surface area is 108 Å². The lowest BCUT2D eigenvalue weighted by atomic mass is 10.2. The second-order valence-corrected chi connectivity index (χ2v) is 6.00. The van der Waals surface area contributed by atoms with Crippen LogP contribution in [-0.2, 0) is 6.42 Å². The first-order valence-electron chi connectivity index (χ1n) is 5.59. The monoisotopic (exact) mass is 263 g/mol. The molecule has 3 aromatic heterocycles. The van der Waals surface area contributed by atoms with Gasteiger partial charge in [-0.3, -0.25) is 0 Å². The van der Waals surface area contributed by atoms with Crippen molar-refractivity contribution in [3.05, 3.63) is 46.0 Å². The second kappa shape index (κ2) is 4.29. The Morgan fingerprint density at radius 1 is 1.29 bits per heavy atom. The lowest BCUT2D eigenvalue weighted by Crippen LogP contribution is -2.08. The summed E-state index contributed by atoms with van der Waals surface area (Å²) >= 11 is 3.50. The summed E-state index contributed by atoms with van der Waals surface area (Å²) in [6.07, 6.45) is 0.909. The summed E-state index contributed by atoms with van der Waals surface area (Å²) in [5, 5.41) is 2.11. The number of thiophene rings is 2. The smallest absolute Gasteiger partial charge is 0.126 e. The minimum Gasteiger partial charge on any atom is -0.464 e. The highest BCUT2D eigenvalue weighted by Gasteiger charge is 2.16. The summed E-state index contributed by atoms with van der Waals surface area (Å²) in [6.45, 7) is 2.08. The number of furan rings is 1. The van der Waals surface area contributed by atoms with Crippen molar-refractivity contribution in [2.24, 2.45) is 5.73 Å². The Hall–Kier alpha value is -1.10. The van der Waals surface area contributed by atoms with Gasteiger partial charge in [0, 0.05) is 20.7 Å². The van der Waals surface area contributed by atoms with Crippen LogP contribution in [0.2, 0.25) is 0 Å². The van der Waals surface area contributed by atoms with Crippen LogP contribution < -0.4 is 5.73 Å². The van der Waals surface area contributed by atoms with Gasteiger partial charge in [0.05, 0.1) is 6.04 Å². The maximum atomic E-state index is 6.23. The van der Waals surface area contributed by atoms with E-state index >= 15 is 0 Å². The standard InChI is InChI=1S/C13H13NOS2/c1-2-8-3-4-9(15-8)13(14)12-7-11-10(17-12)5-6-16-11/h3-7,13H,2,14H2,1H3. The Balaban J connectivity index is 1.95. The van der Waals surface area contributed by atoms with Crippen molar-refractivity contribution in [3.8, 4) is 0 Å². The average Bonchev–Trinajstić information content (AvgIpc) is 3.02. The molecule has 2 N–H and O–H groups in total. The molecule has 1 unspecified atom stereocenters. The van der Waals surface area contributed by atoms with E-state index in [4.69, 9.17) is 10.2 Å². The van der Waals surface area contributed by atoms with Gasteiger partial charge >= 0.3 is 0 Å². The molecule has 0 aromatic carbocycles. The Morgan fingerprint density at radius 3 is 2.88 bits per heavy atom. The van der Waals surface area contributed by atoms with Crippen LogP contribution in [0.25, 0.3) is 9.40 Å². The summed E-state index contributed by atoms with van der Waals surface area (Å²) in [4.78, 5) is 1.17. The average molecular weight is 263 g/mol. The van der Waals surface area contributed by atoms with Gasteiger partial charge in [0.25, 0.3) is 0 Å². The molecular formula is C13H13NOS2. The largest absolute Gasteiger partial charge is 0.464 e. The van der Waals surface area contributed by atoms with Crippen molar-refractivity contribution in [3.63, 3.8) is 0 Å². The van der Waals surface area contributed by atoms with E-state index in [0.29, 0.717) is 0 Å². The van der Waals surface area contributed by atoms with Crippen LogP contribution in [0.4, 0.5) is 0 Å². The third kappa shape index (κ3) is 1.92. The third-order valence-electron chi connectivity index (χ3n) is 2.80. The topological polar surface area (TPSA) is 39.2 Å². The molecule has 17 heavy (non-hydrogen) atoms. The fourth-order valence-corrected chi connectivity index (χ4v) is 3.96. The van der Waals surface area contributed by atoms with Crippen molar-refractivity contribution in [1.82, 2.24) is 0 Å². The van der Waals surface area contributed by atoms with Gasteiger partial charge < -0.3 is 10.2 Å². The predicted octanol–water partition coefficient (Wildman–Crippen LogP) is 4.17. The van der Waals surface area contributed by atoms with E-state index in [0.717, 1.165) is 17.9 Å². The van der Waals surface area contributed by atoms with Crippen LogP contribution >= 0.6 is 22.7 Å².